The van der Waals surface area contributed by atoms with Gasteiger partial charge in [-0.25, -0.2) is 9.97 Å². The van der Waals surface area contributed by atoms with Gasteiger partial charge in [0.05, 0.1) is 5.39 Å². The molecule has 16 heavy (non-hydrogen) atoms. The molecule has 86 valence electrons. The Morgan fingerprint density at radius 1 is 1.38 bits per heavy atom. The molecule has 0 aliphatic carbocycles. The van der Waals surface area contributed by atoms with Gasteiger partial charge in [0.1, 0.15) is 17.8 Å². The summed E-state index contributed by atoms with van der Waals surface area (Å²) in [6.45, 7) is 5.46. The minimum Gasteiger partial charge on any atom is -0.369 e. The van der Waals surface area contributed by atoms with E-state index in [1.165, 1.54) is 12.8 Å². The molecule has 4 heteroatoms. The molecule has 0 aliphatic rings. The Bertz CT molecular complexity index is 447. The normalized spacial score (nSPS) is 11.2. The Hall–Kier alpha value is -1.58. The lowest BCUT2D eigenvalue weighted by Crippen LogP contribution is -2.05. The van der Waals surface area contributed by atoms with Crippen molar-refractivity contribution in [3.63, 3.8) is 0 Å². The molecule has 2 N–H and O–H groups in total. The number of aromatic nitrogens is 3. The lowest BCUT2D eigenvalue weighted by molar-refractivity contribution is 0.567. The van der Waals surface area contributed by atoms with Crippen LogP contribution in [0.3, 0.4) is 0 Å². The second-order valence-electron chi connectivity index (χ2n) is 4.43. The van der Waals surface area contributed by atoms with Crippen LogP contribution in [0, 0.1) is 5.92 Å². The number of aromatic amines is 1. The van der Waals surface area contributed by atoms with E-state index in [4.69, 9.17) is 0 Å². The van der Waals surface area contributed by atoms with Crippen LogP contribution in [0.4, 0.5) is 5.82 Å². The molecule has 0 unspecified atom stereocenters. The summed E-state index contributed by atoms with van der Waals surface area (Å²) in [7, 11) is 0. The first-order valence-electron chi connectivity index (χ1n) is 5.79. The molecule has 0 radical (unpaired) electrons. The maximum atomic E-state index is 4.25. The third kappa shape index (κ3) is 2.51. The number of nitrogens with one attached hydrogen (secondary N) is 2. The standard InChI is InChI=1S/C12H18N4/c1-9(2)4-3-6-13-11-10-5-7-14-12(10)16-8-15-11/h5,7-9H,3-4,6H2,1-2H3,(H2,13,14,15,16). The van der Waals surface area contributed by atoms with Crippen LogP contribution in [-0.2, 0) is 0 Å². The molecule has 0 saturated heterocycles. The molecule has 2 heterocycles. The molecule has 2 rings (SSSR count). The van der Waals surface area contributed by atoms with Crippen LogP contribution in [0.25, 0.3) is 11.0 Å². The molecule has 0 aliphatic heterocycles. The second-order valence-corrected chi connectivity index (χ2v) is 4.43. The van der Waals surface area contributed by atoms with Gasteiger partial charge in [-0.15, -0.1) is 0 Å². The topological polar surface area (TPSA) is 53.6 Å². The van der Waals surface area contributed by atoms with Crippen molar-refractivity contribution in [2.75, 3.05) is 11.9 Å². The van der Waals surface area contributed by atoms with Crippen LogP contribution in [0.5, 0.6) is 0 Å². The molecule has 0 bridgehead atoms. The molecular formula is C12H18N4. The molecule has 4 nitrogen and oxygen atoms in total. The maximum Gasteiger partial charge on any atom is 0.142 e. The fourth-order valence-corrected chi connectivity index (χ4v) is 1.73. The zero-order valence-electron chi connectivity index (χ0n) is 9.83. The number of nitrogens with zero attached hydrogens (tertiary/aromatic N) is 2. The summed E-state index contributed by atoms with van der Waals surface area (Å²) in [5, 5.41) is 4.42. The van der Waals surface area contributed by atoms with Crippen molar-refractivity contribution in [2.45, 2.75) is 26.7 Å². The Morgan fingerprint density at radius 3 is 3.06 bits per heavy atom. The van der Waals surface area contributed by atoms with E-state index in [1.807, 2.05) is 12.3 Å². The predicted octanol–water partition coefficient (Wildman–Crippen LogP) is 2.81. The predicted molar refractivity (Wildman–Crippen MR) is 66.5 cm³/mol. The average Bonchev–Trinajstić information content (AvgIpc) is 2.72. The summed E-state index contributed by atoms with van der Waals surface area (Å²) < 4.78 is 0. The van der Waals surface area contributed by atoms with Gasteiger partial charge in [-0.1, -0.05) is 13.8 Å². The van der Waals surface area contributed by atoms with Gasteiger partial charge in [0.2, 0.25) is 0 Å². The van der Waals surface area contributed by atoms with Crippen molar-refractivity contribution in [1.29, 1.82) is 0 Å². The molecule has 2 aromatic rings. The van der Waals surface area contributed by atoms with Gasteiger partial charge in [0.15, 0.2) is 0 Å². The van der Waals surface area contributed by atoms with E-state index in [-0.39, 0.29) is 0 Å². The summed E-state index contributed by atoms with van der Waals surface area (Å²) in [5.41, 5.74) is 0.890. The van der Waals surface area contributed by atoms with E-state index in [2.05, 4.69) is 34.1 Å². The highest BCUT2D eigenvalue weighted by Crippen LogP contribution is 2.17. The summed E-state index contributed by atoms with van der Waals surface area (Å²) in [4.78, 5) is 11.5. The van der Waals surface area contributed by atoms with E-state index in [9.17, 15) is 0 Å². The highest BCUT2D eigenvalue weighted by molar-refractivity contribution is 5.86. The molecule has 0 spiro atoms. The van der Waals surface area contributed by atoms with E-state index >= 15 is 0 Å². The number of anilines is 1. The van der Waals surface area contributed by atoms with Gasteiger partial charge in [-0.2, -0.15) is 0 Å². The summed E-state index contributed by atoms with van der Waals surface area (Å²) in [5.74, 6) is 1.69. The largest absolute Gasteiger partial charge is 0.369 e. The first-order valence-corrected chi connectivity index (χ1v) is 5.79. The van der Waals surface area contributed by atoms with Crippen molar-refractivity contribution < 1.29 is 0 Å². The van der Waals surface area contributed by atoms with Crippen LogP contribution >= 0.6 is 0 Å². The molecular weight excluding hydrogens is 200 g/mol. The number of hydrogen-bond acceptors (Lipinski definition) is 3. The summed E-state index contributed by atoms with van der Waals surface area (Å²) >= 11 is 0. The smallest absolute Gasteiger partial charge is 0.142 e. The van der Waals surface area contributed by atoms with Crippen LogP contribution in [0.1, 0.15) is 26.7 Å². The van der Waals surface area contributed by atoms with Gasteiger partial charge in [-0.3, -0.25) is 0 Å². The first kappa shape index (κ1) is 10.9. The SMILES string of the molecule is CC(C)CCCNc1ncnc2[nH]ccc12. The van der Waals surface area contributed by atoms with Gasteiger partial charge in [-0.05, 0) is 24.8 Å². The fourth-order valence-electron chi connectivity index (χ4n) is 1.73. The van der Waals surface area contributed by atoms with Crippen molar-refractivity contribution in [2.24, 2.45) is 5.92 Å². The van der Waals surface area contributed by atoms with Crippen LogP contribution in [-0.4, -0.2) is 21.5 Å². The number of H-pyrrole nitrogens is 1. The third-order valence-electron chi connectivity index (χ3n) is 2.60. The van der Waals surface area contributed by atoms with E-state index in [0.29, 0.717) is 0 Å². The lowest BCUT2D eigenvalue weighted by atomic mass is 10.1. The first-order chi connectivity index (χ1) is 7.77. The highest BCUT2D eigenvalue weighted by Gasteiger charge is 2.03. The minimum absolute atomic E-state index is 0.763. The number of rotatable bonds is 5. The van der Waals surface area contributed by atoms with Crippen LogP contribution in [0.15, 0.2) is 18.6 Å². The Balaban J connectivity index is 1.96. The summed E-state index contributed by atoms with van der Waals surface area (Å²) in [6, 6.07) is 2.00. The fraction of sp³-hybridized carbons (Fsp3) is 0.500. The number of hydrogen-bond donors (Lipinski definition) is 2. The lowest BCUT2D eigenvalue weighted by Gasteiger charge is -2.07. The highest BCUT2D eigenvalue weighted by atomic mass is 15.0. The Morgan fingerprint density at radius 2 is 2.25 bits per heavy atom. The molecule has 2 aromatic heterocycles. The molecule has 0 saturated carbocycles. The van der Waals surface area contributed by atoms with Crippen molar-refractivity contribution in [1.82, 2.24) is 15.0 Å². The van der Waals surface area contributed by atoms with E-state index < -0.39 is 0 Å². The van der Waals surface area contributed by atoms with Crippen molar-refractivity contribution >= 4 is 16.9 Å². The second kappa shape index (κ2) is 4.96. The molecule has 0 fully saturated rings. The van der Waals surface area contributed by atoms with Crippen LogP contribution in [0.2, 0.25) is 0 Å². The zero-order valence-corrected chi connectivity index (χ0v) is 9.83. The Kier molecular flexibility index (Phi) is 3.39. The van der Waals surface area contributed by atoms with E-state index in [0.717, 1.165) is 29.3 Å². The molecule has 0 atom stereocenters. The number of fused-ring (bicyclic) bond motifs is 1. The quantitative estimate of drug-likeness (QED) is 0.759. The van der Waals surface area contributed by atoms with Gasteiger partial charge < -0.3 is 10.3 Å². The minimum atomic E-state index is 0.763. The van der Waals surface area contributed by atoms with E-state index in [1.54, 1.807) is 6.33 Å². The van der Waals surface area contributed by atoms with Gasteiger partial charge in [0.25, 0.3) is 0 Å². The maximum absolute atomic E-state index is 4.25. The van der Waals surface area contributed by atoms with Crippen molar-refractivity contribution in [3.8, 4) is 0 Å². The van der Waals surface area contributed by atoms with Crippen LogP contribution < -0.4 is 5.32 Å². The Labute approximate surface area is 95.5 Å². The van der Waals surface area contributed by atoms with Crippen molar-refractivity contribution in [3.05, 3.63) is 18.6 Å². The monoisotopic (exact) mass is 218 g/mol. The summed E-state index contributed by atoms with van der Waals surface area (Å²) in [6.07, 6.45) is 5.89. The third-order valence-corrected chi connectivity index (χ3v) is 2.60. The van der Waals surface area contributed by atoms with Gasteiger partial charge in [0, 0.05) is 12.7 Å². The zero-order chi connectivity index (χ0) is 11.4. The molecule has 0 amide bonds. The molecule has 0 aromatic carbocycles. The average molecular weight is 218 g/mol. The van der Waals surface area contributed by atoms with Gasteiger partial charge >= 0.3 is 0 Å².